The number of benzene rings is 1. The van der Waals surface area contributed by atoms with Crippen LogP contribution in [-0.4, -0.2) is 52.7 Å². The normalized spacial score (nSPS) is 27.3. The highest BCUT2D eigenvalue weighted by molar-refractivity contribution is 8.01. The van der Waals surface area contributed by atoms with E-state index >= 15 is 0 Å². The van der Waals surface area contributed by atoms with Gasteiger partial charge in [0.1, 0.15) is 23.9 Å². The lowest BCUT2D eigenvalue weighted by Gasteiger charge is -2.45. The van der Waals surface area contributed by atoms with Gasteiger partial charge >= 0.3 is 5.97 Å². The molecule has 4 rings (SSSR count). The minimum absolute atomic E-state index is 0.338. The van der Waals surface area contributed by atoms with E-state index in [1.54, 1.807) is 6.08 Å². The Morgan fingerprint density at radius 2 is 2.15 bits per heavy atom. The quantitative estimate of drug-likeness (QED) is 0.602. The Morgan fingerprint density at radius 3 is 2.81 bits per heavy atom. The lowest BCUT2D eigenvalue weighted by molar-refractivity contribution is -0.169. The molecule has 3 heterocycles. The number of amides is 1. The number of carbonyl (C=O) groups excluding carboxylic acids is 1. The van der Waals surface area contributed by atoms with Gasteiger partial charge in [0, 0.05) is 11.3 Å². The number of aromatic nitrogens is 2. The van der Waals surface area contributed by atoms with E-state index < -0.39 is 28.8 Å². The van der Waals surface area contributed by atoms with Crippen LogP contribution in [0.15, 0.2) is 36.9 Å². The predicted octanol–water partition coefficient (Wildman–Crippen LogP) is 2.02. The Labute approximate surface area is 160 Å². The topological polar surface area (TPSA) is 95.7 Å². The third-order valence-corrected chi connectivity index (χ3v) is 6.91. The summed E-state index contributed by atoms with van der Waals surface area (Å²) >= 11 is 1.42. The maximum Gasteiger partial charge on any atom is 0.327 e. The molecule has 0 spiro atoms. The molecule has 2 aromatic rings. The van der Waals surface area contributed by atoms with Crippen molar-refractivity contribution in [2.45, 2.75) is 42.7 Å². The number of aliphatic carboxylic acids is 1. The number of nitrogens with zero attached hydrogens (tertiary/aromatic N) is 3. The molecule has 1 aromatic heterocycles. The summed E-state index contributed by atoms with van der Waals surface area (Å²) in [4.78, 5) is 30.4. The zero-order valence-corrected chi connectivity index (χ0v) is 15.9. The number of carboxylic acid groups (broad SMARTS) is 1. The minimum atomic E-state index is -1.11. The number of carbonyl (C=O) groups is 2. The van der Waals surface area contributed by atoms with Gasteiger partial charge in [-0.2, -0.15) is 0 Å². The monoisotopic (exact) mass is 387 g/mol. The molecule has 8 heteroatoms. The molecule has 0 bridgehead atoms. The van der Waals surface area contributed by atoms with Crippen molar-refractivity contribution >= 4 is 34.7 Å². The smallest absolute Gasteiger partial charge is 0.327 e. The van der Waals surface area contributed by atoms with Crippen LogP contribution in [0.25, 0.3) is 11.0 Å². The van der Waals surface area contributed by atoms with Crippen LogP contribution in [0.4, 0.5) is 0 Å². The Balaban J connectivity index is 1.71. The fourth-order valence-corrected chi connectivity index (χ4v) is 5.85. The van der Waals surface area contributed by atoms with Crippen LogP contribution in [0.3, 0.4) is 0 Å². The number of aliphatic hydroxyl groups excluding tert-OH is 1. The number of fused-ring (bicyclic) bond motifs is 2. The highest BCUT2D eigenvalue weighted by Gasteiger charge is 2.65. The average molecular weight is 387 g/mol. The number of allylic oxidation sites excluding steroid dienone is 1. The Morgan fingerprint density at radius 1 is 1.44 bits per heavy atom. The van der Waals surface area contributed by atoms with Crippen molar-refractivity contribution < 1.29 is 19.8 Å². The van der Waals surface area contributed by atoms with Crippen LogP contribution in [0.5, 0.6) is 0 Å². The molecule has 0 unspecified atom stereocenters. The van der Waals surface area contributed by atoms with Crippen molar-refractivity contribution in [3.8, 4) is 0 Å². The predicted molar refractivity (Wildman–Crippen MR) is 102 cm³/mol. The van der Waals surface area contributed by atoms with E-state index in [2.05, 4.69) is 11.6 Å². The molecular formula is C19H21N3O4S. The maximum absolute atomic E-state index is 12.8. The first kappa shape index (κ1) is 18.1. The minimum Gasteiger partial charge on any atom is -0.480 e. The highest BCUT2D eigenvalue weighted by atomic mass is 32.2. The van der Waals surface area contributed by atoms with Crippen LogP contribution in [0, 0.1) is 5.92 Å². The SMILES string of the molecule is C=CCn1c([C@@H](O)[C@@H]2C(=O)N3[C@@H]2SC(C)(C)[C@@H]3C(=O)O)nc2ccccc21. The second-order valence-corrected chi connectivity index (χ2v) is 9.20. The highest BCUT2D eigenvalue weighted by Crippen LogP contribution is 2.56. The number of carboxylic acids is 1. The third-order valence-electron chi connectivity index (χ3n) is 5.32. The van der Waals surface area contributed by atoms with Crippen molar-refractivity contribution in [1.29, 1.82) is 0 Å². The fourth-order valence-electron chi connectivity index (χ4n) is 4.13. The van der Waals surface area contributed by atoms with Crippen molar-refractivity contribution in [1.82, 2.24) is 14.5 Å². The van der Waals surface area contributed by atoms with E-state index in [-0.39, 0.29) is 11.3 Å². The van der Waals surface area contributed by atoms with Crippen LogP contribution in [0.2, 0.25) is 0 Å². The fraction of sp³-hybridized carbons (Fsp3) is 0.421. The largest absolute Gasteiger partial charge is 0.480 e. The first-order valence-electron chi connectivity index (χ1n) is 8.75. The third kappa shape index (κ3) is 2.50. The molecule has 2 N–H and O–H groups in total. The first-order chi connectivity index (χ1) is 12.8. The van der Waals surface area contributed by atoms with Gasteiger partial charge in [0.2, 0.25) is 5.91 Å². The average Bonchev–Trinajstić information content (AvgIpc) is 3.08. The van der Waals surface area contributed by atoms with Gasteiger partial charge < -0.3 is 19.7 Å². The van der Waals surface area contributed by atoms with Crippen LogP contribution >= 0.6 is 11.8 Å². The molecule has 0 saturated carbocycles. The molecule has 7 nitrogen and oxygen atoms in total. The van der Waals surface area contributed by atoms with Gasteiger partial charge in [0.15, 0.2) is 0 Å². The van der Waals surface area contributed by atoms with E-state index in [4.69, 9.17) is 0 Å². The Bertz CT molecular complexity index is 954. The molecule has 2 aliphatic heterocycles. The molecule has 0 radical (unpaired) electrons. The summed E-state index contributed by atoms with van der Waals surface area (Å²) in [5.74, 6) is -1.66. The second kappa shape index (κ2) is 6.10. The van der Waals surface area contributed by atoms with Crippen molar-refractivity contribution in [3.63, 3.8) is 0 Å². The standard InChI is InChI=1S/C19H21N3O4S/c1-4-9-21-11-8-6-5-7-10(11)20-15(21)13(23)12-16(24)22-14(18(25)26)19(2,3)27-17(12)22/h4-8,12-14,17,23H,1,9H2,2-3H3,(H,25,26)/t12-,13+,14+,17-/m1/s1. The summed E-state index contributed by atoms with van der Waals surface area (Å²) in [7, 11) is 0. The number of para-hydroxylation sites is 2. The van der Waals surface area contributed by atoms with Crippen molar-refractivity contribution in [2.75, 3.05) is 0 Å². The van der Waals surface area contributed by atoms with E-state index in [0.29, 0.717) is 12.4 Å². The van der Waals surface area contributed by atoms with Gasteiger partial charge in [-0.1, -0.05) is 18.2 Å². The lowest BCUT2D eigenvalue weighted by Crippen LogP contribution is -2.64. The van der Waals surface area contributed by atoms with Gasteiger partial charge in [-0.25, -0.2) is 9.78 Å². The summed E-state index contributed by atoms with van der Waals surface area (Å²) in [6.07, 6.45) is 0.606. The van der Waals surface area contributed by atoms with Gasteiger partial charge in [-0.05, 0) is 26.0 Å². The van der Waals surface area contributed by atoms with Crippen molar-refractivity contribution in [3.05, 3.63) is 42.7 Å². The molecule has 2 fully saturated rings. The summed E-state index contributed by atoms with van der Waals surface area (Å²) in [5, 5.41) is 20.2. The van der Waals surface area contributed by atoms with E-state index in [0.717, 1.165) is 11.0 Å². The molecule has 2 saturated heterocycles. The number of imidazole rings is 1. The zero-order chi connectivity index (χ0) is 19.5. The van der Waals surface area contributed by atoms with Gasteiger partial charge in [0.05, 0.1) is 16.4 Å². The molecule has 1 aromatic carbocycles. The van der Waals surface area contributed by atoms with Crippen LogP contribution < -0.4 is 0 Å². The van der Waals surface area contributed by atoms with Gasteiger partial charge in [-0.3, -0.25) is 4.79 Å². The van der Waals surface area contributed by atoms with Gasteiger partial charge in [0.25, 0.3) is 0 Å². The molecule has 4 atom stereocenters. The summed E-state index contributed by atoms with van der Waals surface area (Å²) in [5.41, 5.74) is 1.60. The number of hydrogen-bond donors (Lipinski definition) is 2. The molecular weight excluding hydrogens is 366 g/mol. The van der Waals surface area contributed by atoms with E-state index in [9.17, 15) is 19.8 Å². The van der Waals surface area contributed by atoms with Crippen LogP contribution in [-0.2, 0) is 16.1 Å². The number of rotatable bonds is 5. The zero-order valence-electron chi connectivity index (χ0n) is 15.1. The molecule has 142 valence electrons. The summed E-state index contributed by atoms with van der Waals surface area (Å²) < 4.78 is 1.23. The van der Waals surface area contributed by atoms with E-state index in [1.807, 2.05) is 42.7 Å². The number of β-lactam (4-membered cyclic amide) rings is 1. The first-order valence-corrected chi connectivity index (χ1v) is 9.63. The van der Waals surface area contributed by atoms with E-state index in [1.165, 1.54) is 16.7 Å². The summed E-state index contributed by atoms with van der Waals surface area (Å²) in [6.45, 7) is 7.86. The Hall–Kier alpha value is -2.32. The van der Waals surface area contributed by atoms with Gasteiger partial charge in [-0.15, -0.1) is 18.3 Å². The number of hydrogen-bond acceptors (Lipinski definition) is 5. The van der Waals surface area contributed by atoms with Crippen LogP contribution in [0.1, 0.15) is 25.8 Å². The lowest BCUT2D eigenvalue weighted by atomic mass is 9.87. The van der Waals surface area contributed by atoms with Crippen molar-refractivity contribution in [2.24, 2.45) is 5.92 Å². The Kier molecular flexibility index (Phi) is 4.08. The second-order valence-electron chi connectivity index (χ2n) is 7.43. The maximum atomic E-state index is 12.8. The molecule has 2 aliphatic rings. The molecule has 27 heavy (non-hydrogen) atoms. The number of aliphatic hydroxyl groups is 1. The number of thioether (sulfide) groups is 1. The summed E-state index contributed by atoms with van der Waals surface area (Å²) in [6, 6.07) is 6.63. The molecule has 1 amide bonds. The molecule has 0 aliphatic carbocycles.